The molecule has 0 atom stereocenters. The van der Waals surface area contributed by atoms with Crippen molar-refractivity contribution in [1.29, 1.82) is 0 Å². The Morgan fingerprint density at radius 2 is 1.80 bits per heavy atom. The van der Waals surface area contributed by atoms with E-state index in [1.807, 2.05) is 61.8 Å². The van der Waals surface area contributed by atoms with Crippen molar-refractivity contribution < 1.29 is 0 Å². The van der Waals surface area contributed by atoms with Gasteiger partial charge in [-0.2, -0.15) is 0 Å². The third kappa shape index (κ3) is 7.83. The second-order valence-electron chi connectivity index (χ2n) is 2.86. The highest BCUT2D eigenvalue weighted by atomic mass is 32.2. The molecule has 15 heavy (non-hydrogen) atoms. The van der Waals surface area contributed by atoms with Crippen molar-refractivity contribution in [3.8, 4) is 0 Å². The SMILES string of the molecule is C=C/C(C)=C\C=C\S/C(C=C)=C/C=C/C. The Kier molecular flexibility index (Phi) is 8.59. The molecular formula is C14H18S. The molecule has 0 nitrogen and oxygen atoms in total. The predicted octanol–water partition coefficient (Wildman–Crippen LogP) is 5.01. The molecular weight excluding hydrogens is 200 g/mol. The summed E-state index contributed by atoms with van der Waals surface area (Å²) in [5.74, 6) is 0. The fourth-order valence-corrected chi connectivity index (χ4v) is 1.29. The summed E-state index contributed by atoms with van der Waals surface area (Å²) in [7, 11) is 0. The Morgan fingerprint density at radius 3 is 2.33 bits per heavy atom. The molecule has 0 rings (SSSR count). The first-order chi connectivity index (χ1) is 7.24. The maximum absolute atomic E-state index is 3.76. The molecule has 0 aliphatic carbocycles. The van der Waals surface area contributed by atoms with Crippen molar-refractivity contribution in [2.75, 3.05) is 0 Å². The van der Waals surface area contributed by atoms with Gasteiger partial charge >= 0.3 is 0 Å². The lowest BCUT2D eigenvalue weighted by molar-refractivity contribution is 1.54. The lowest BCUT2D eigenvalue weighted by atomic mass is 10.3. The molecule has 0 amide bonds. The van der Waals surface area contributed by atoms with Crippen LogP contribution in [0.1, 0.15) is 13.8 Å². The first-order valence-corrected chi connectivity index (χ1v) is 5.70. The highest BCUT2D eigenvalue weighted by Crippen LogP contribution is 2.17. The number of rotatable bonds is 6. The summed E-state index contributed by atoms with van der Waals surface area (Å²) >= 11 is 1.65. The zero-order valence-corrected chi connectivity index (χ0v) is 10.3. The summed E-state index contributed by atoms with van der Waals surface area (Å²) < 4.78 is 0. The fourth-order valence-electron chi connectivity index (χ4n) is 0.723. The van der Waals surface area contributed by atoms with Crippen molar-refractivity contribution in [1.82, 2.24) is 0 Å². The van der Waals surface area contributed by atoms with E-state index in [1.54, 1.807) is 11.8 Å². The van der Waals surface area contributed by atoms with Crippen LogP contribution in [-0.2, 0) is 0 Å². The Labute approximate surface area is 97.5 Å². The Bertz CT molecular complexity index is 314. The van der Waals surface area contributed by atoms with Crippen LogP contribution in [0.25, 0.3) is 0 Å². The average molecular weight is 218 g/mol. The van der Waals surface area contributed by atoms with Crippen LogP contribution in [0.2, 0.25) is 0 Å². The van der Waals surface area contributed by atoms with Gasteiger partial charge in [-0.3, -0.25) is 0 Å². The zero-order valence-electron chi connectivity index (χ0n) is 9.44. The molecule has 0 unspecified atom stereocenters. The molecule has 0 bridgehead atoms. The first-order valence-electron chi connectivity index (χ1n) is 4.82. The van der Waals surface area contributed by atoms with Gasteiger partial charge in [0.05, 0.1) is 0 Å². The van der Waals surface area contributed by atoms with Crippen molar-refractivity contribution in [2.24, 2.45) is 0 Å². The van der Waals surface area contributed by atoms with E-state index < -0.39 is 0 Å². The molecule has 80 valence electrons. The van der Waals surface area contributed by atoms with Crippen LogP contribution in [0.5, 0.6) is 0 Å². The molecule has 0 N–H and O–H groups in total. The molecule has 0 aliphatic rings. The number of thioether (sulfide) groups is 1. The third-order valence-corrected chi connectivity index (χ3v) is 2.49. The van der Waals surface area contributed by atoms with E-state index >= 15 is 0 Å². The van der Waals surface area contributed by atoms with Crippen LogP contribution in [0, 0.1) is 0 Å². The monoisotopic (exact) mass is 218 g/mol. The smallest absolute Gasteiger partial charge is 0.0110 e. The molecule has 0 saturated heterocycles. The van der Waals surface area contributed by atoms with E-state index in [-0.39, 0.29) is 0 Å². The van der Waals surface area contributed by atoms with Crippen LogP contribution in [0.4, 0.5) is 0 Å². The van der Waals surface area contributed by atoms with Crippen LogP contribution < -0.4 is 0 Å². The van der Waals surface area contributed by atoms with Gasteiger partial charge in [-0.15, -0.1) is 0 Å². The number of hydrogen-bond acceptors (Lipinski definition) is 1. The molecule has 0 aromatic heterocycles. The van der Waals surface area contributed by atoms with Crippen molar-refractivity contribution >= 4 is 11.8 Å². The zero-order chi connectivity index (χ0) is 11.5. The molecule has 0 spiro atoms. The molecule has 0 heterocycles. The minimum atomic E-state index is 1.13. The van der Waals surface area contributed by atoms with E-state index in [0.717, 1.165) is 10.5 Å². The van der Waals surface area contributed by atoms with Gasteiger partial charge in [-0.1, -0.05) is 66.9 Å². The van der Waals surface area contributed by atoms with Crippen molar-refractivity contribution in [3.63, 3.8) is 0 Å². The summed E-state index contributed by atoms with van der Waals surface area (Å²) in [6, 6.07) is 0. The van der Waals surface area contributed by atoms with E-state index in [2.05, 4.69) is 13.2 Å². The minimum absolute atomic E-state index is 1.13. The molecule has 0 aromatic carbocycles. The van der Waals surface area contributed by atoms with E-state index in [0.29, 0.717) is 0 Å². The highest BCUT2D eigenvalue weighted by molar-refractivity contribution is 8.06. The van der Waals surface area contributed by atoms with Gasteiger partial charge in [-0.05, 0) is 25.3 Å². The van der Waals surface area contributed by atoms with Crippen molar-refractivity contribution in [3.05, 3.63) is 71.6 Å². The maximum Gasteiger partial charge on any atom is 0.0110 e. The lowest BCUT2D eigenvalue weighted by Crippen LogP contribution is -1.65. The first kappa shape index (κ1) is 13.8. The number of hydrogen-bond donors (Lipinski definition) is 0. The number of allylic oxidation sites excluding steroid dienone is 8. The van der Waals surface area contributed by atoms with Gasteiger partial charge in [0.25, 0.3) is 0 Å². The molecule has 0 aliphatic heterocycles. The van der Waals surface area contributed by atoms with Gasteiger partial charge in [-0.25, -0.2) is 0 Å². The molecule has 0 fully saturated rings. The standard InChI is InChI=1S/C14H18S/c1-5-8-11-14(7-3)15-12-9-10-13(4)6-2/h5-12H,2-3H2,1,4H3/b8-5+,12-9+,13-10-,14-11+. The predicted molar refractivity (Wildman–Crippen MR) is 73.8 cm³/mol. The summed E-state index contributed by atoms with van der Waals surface area (Å²) in [6.45, 7) is 11.5. The van der Waals surface area contributed by atoms with E-state index in [4.69, 9.17) is 0 Å². The lowest BCUT2D eigenvalue weighted by Gasteiger charge is -1.92. The second-order valence-corrected chi connectivity index (χ2v) is 3.84. The average Bonchev–Trinajstić information content (AvgIpc) is 2.27. The Balaban J connectivity index is 4.23. The van der Waals surface area contributed by atoms with E-state index in [9.17, 15) is 0 Å². The normalized spacial score (nSPS) is 13.7. The molecule has 0 radical (unpaired) electrons. The van der Waals surface area contributed by atoms with Gasteiger partial charge in [0, 0.05) is 4.91 Å². The van der Waals surface area contributed by atoms with Crippen LogP contribution in [0.15, 0.2) is 71.6 Å². The summed E-state index contributed by atoms with van der Waals surface area (Å²) in [6.07, 6.45) is 13.7. The largest absolute Gasteiger partial charge is 0.0988 e. The molecule has 0 aromatic rings. The molecule has 1 heteroatoms. The van der Waals surface area contributed by atoms with Gasteiger partial charge in [0.15, 0.2) is 0 Å². The summed E-state index contributed by atoms with van der Waals surface area (Å²) in [4.78, 5) is 1.13. The fraction of sp³-hybridized carbons (Fsp3) is 0.143. The maximum atomic E-state index is 3.76. The summed E-state index contributed by atoms with van der Waals surface area (Å²) in [5.41, 5.74) is 1.16. The van der Waals surface area contributed by atoms with Gasteiger partial charge < -0.3 is 0 Å². The second kappa shape index (κ2) is 9.35. The molecule has 0 saturated carbocycles. The van der Waals surface area contributed by atoms with Gasteiger partial charge in [0.1, 0.15) is 0 Å². The Morgan fingerprint density at radius 1 is 1.07 bits per heavy atom. The van der Waals surface area contributed by atoms with Gasteiger partial charge in [0.2, 0.25) is 0 Å². The van der Waals surface area contributed by atoms with Crippen LogP contribution in [-0.4, -0.2) is 0 Å². The quantitative estimate of drug-likeness (QED) is 0.565. The minimum Gasteiger partial charge on any atom is -0.0988 e. The topological polar surface area (TPSA) is 0 Å². The summed E-state index contributed by atoms with van der Waals surface area (Å²) in [5, 5.41) is 2.03. The van der Waals surface area contributed by atoms with E-state index in [1.165, 1.54) is 0 Å². The Hall–Kier alpha value is -1.21. The highest BCUT2D eigenvalue weighted by Gasteiger charge is 1.85. The third-order valence-electron chi connectivity index (χ3n) is 1.62. The van der Waals surface area contributed by atoms with Crippen LogP contribution >= 0.6 is 11.8 Å². The van der Waals surface area contributed by atoms with Crippen LogP contribution in [0.3, 0.4) is 0 Å². The van der Waals surface area contributed by atoms with Crippen molar-refractivity contribution in [2.45, 2.75) is 13.8 Å².